The summed E-state index contributed by atoms with van der Waals surface area (Å²) in [4.78, 5) is 9.65. The molecule has 3 rings (SSSR count). The third-order valence-corrected chi connectivity index (χ3v) is 4.52. The zero-order valence-corrected chi connectivity index (χ0v) is 16.0. The summed E-state index contributed by atoms with van der Waals surface area (Å²) in [6.45, 7) is 1.88. The number of hydrogen-bond acceptors (Lipinski definition) is 5. The molecule has 1 aliphatic rings. The van der Waals surface area contributed by atoms with Crippen molar-refractivity contribution in [2.24, 2.45) is 0 Å². The van der Waals surface area contributed by atoms with Crippen LogP contribution in [0.2, 0.25) is 0 Å². The first-order valence-corrected chi connectivity index (χ1v) is 9.09. The lowest BCUT2D eigenvalue weighted by Crippen LogP contribution is -2.34. The number of nitrogens with one attached hydrogen (secondary N) is 2. The van der Waals surface area contributed by atoms with E-state index in [-0.39, 0.29) is 16.9 Å². The van der Waals surface area contributed by atoms with E-state index in [1.54, 1.807) is 0 Å². The molecule has 0 saturated carbocycles. The van der Waals surface area contributed by atoms with Gasteiger partial charge in [-0.3, -0.25) is 0 Å². The van der Waals surface area contributed by atoms with E-state index in [0.29, 0.717) is 26.2 Å². The van der Waals surface area contributed by atoms with E-state index in [9.17, 15) is 13.2 Å². The number of rotatable bonds is 5. The molecule has 10 heteroatoms. The zero-order chi connectivity index (χ0) is 20.1. The maximum atomic E-state index is 13.3. The number of nitrogens with zero attached hydrogens (tertiary/aromatic N) is 3. The van der Waals surface area contributed by atoms with Crippen molar-refractivity contribution in [1.29, 1.82) is 0 Å². The number of hydrogen-bond donors (Lipinski definition) is 2. The van der Waals surface area contributed by atoms with Crippen molar-refractivity contribution in [3.63, 3.8) is 0 Å². The van der Waals surface area contributed by atoms with E-state index in [4.69, 9.17) is 17.0 Å². The van der Waals surface area contributed by atoms with Gasteiger partial charge in [-0.1, -0.05) is 24.3 Å². The molecule has 0 aliphatic carbocycles. The van der Waals surface area contributed by atoms with Gasteiger partial charge in [0, 0.05) is 32.8 Å². The Bertz CT molecular complexity index is 846. The number of halogens is 3. The Morgan fingerprint density at radius 3 is 2.71 bits per heavy atom. The van der Waals surface area contributed by atoms with Gasteiger partial charge < -0.3 is 20.3 Å². The lowest BCUT2D eigenvalue weighted by Gasteiger charge is -2.30. The fourth-order valence-electron chi connectivity index (χ4n) is 2.90. The van der Waals surface area contributed by atoms with Crippen molar-refractivity contribution < 1.29 is 17.9 Å². The van der Waals surface area contributed by atoms with Crippen LogP contribution in [0.15, 0.2) is 30.3 Å². The van der Waals surface area contributed by atoms with Crippen LogP contribution in [0.4, 0.5) is 24.9 Å². The summed E-state index contributed by atoms with van der Waals surface area (Å²) in [5.74, 6) is 0.0117. The molecule has 1 aromatic carbocycles. The van der Waals surface area contributed by atoms with Gasteiger partial charge in [0.2, 0.25) is 5.95 Å². The fraction of sp³-hybridized carbons (Fsp3) is 0.389. The van der Waals surface area contributed by atoms with Crippen LogP contribution in [0.1, 0.15) is 16.8 Å². The first-order chi connectivity index (χ1) is 13.4. The topological polar surface area (TPSA) is 62.3 Å². The molecule has 0 radical (unpaired) electrons. The van der Waals surface area contributed by atoms with E-state index < -0.39 is 11.9 Å². The molecule has 0 spiro atoms. The zero-order valence-electron chi connectivity index (χ0n) is 15.2. The minimum Gasteiger partial charge on any atom is -0.383 e. The van der Waals surface area contributed by atoms with Gasteiger partial charge >= 0.3 is 6.18 Å². The second kappa shape index (κ2) is 8.70. The summed E-state index contributed by atoms with van der Waals surface area (Å²) in [5.41, 5.74) is 1.26. The van der Waals surface area contributed by atoms with Gasteiger partial charge in [0.25, 0.3) is 0 Å². The SMILES string of the molecule is COCCNC(=S)Nc1nc(N2CCc3ccccc3C2)cc(C(F)(F)F)n1. The number of thiocarbonyl (C=S) groups is 1. The third-order valence-electron chi connectivity index (χ3n) is 4.27. The number of fused-ring (bicyclic) bond motifs is 1. The molecule has 0 fully saturated rings. The van der Waals surface area contributed by atoms with Crippen molar-refractivity contribution in [2.75, 3.05) is 37.0 Å². The molecule has 2 aromatic rings. The van der Waals surface area contributed by atoms with Gasteiger partial charge in [-0.25, -0.2) is 4.98 Å². The van der Waals surface area contributed by atoms with Crippen LogP contribution in [-0.2, 0) is 23.9 Å². The van der Waals surface area contributed by atoms with Gasteiger partial charge in [0.1, 0.15) is 5.82 Å². The highest BCUT2D eigenvalue weighted by Gasteiger charge is 2.34. The monoisotopic (exact) mass is 411 g/mol. The molecule has 150 valence electrons. The largest absolute Gasteiger partial charge is 0.433 e. The Morgan fingerprint density at radius 2 is 2.00 bits per heavy atom. The quantitative estimate of drug-likeness (QED) is 0.579. The molecule has 0 atom stereocenters. The third kappa shape index (κ3) is 5.08. The lowest BCUT2D eigenvalue weighted by atomic mass is 10.00. The highest BCUT2D eigenvalue weighted by Crippen LogP contribution is 2.32. The smallest absolute Gasteiger partial charge is 0.383 e. The standard InChI is InChI=1S/C18H20F3N5OS/c1-27-9-7-22-17(28)25-16-23-14(18(19,20)21)10-15(24-16)26-8-6-12-4-2-3-5-13(12)11-26/h2-5,10H,6-9,11H2,1H3,(H2,22,23,24,25,28). The highest BCUT2D eigenvalue weighted by molar-refractivity contribution is 7.80. The van der Waals surface area contributed by atoms with Crippen LogP contribution in [-0.4, -0.2) is 41.9 Å². The van der Waals surface area contributed by atoms with Crippen molar-refractivity contribution >= 4 is 29.1 Å². The Labute approximate surface area is 166 Å². The Hall–Kier alpha value is -2.46. The first-order valence-electron chi connectivity index (χ1n) is 8.68. The molecule has 0 amide bonds. The van der Waals surface area contributed by atoms with Gasteiger partial charge in [-0.15, -0.1) is 0 Å². The summed E-state index contributed by atoms with van der Waals surface area (Å²) < 4.78 is 44.9. The minimum atomic E-state index is -4.59. The number of benzene rings is 1. The second-order valence-electron chi connectivity index (χ2n) is 6.25. The summed E-state index contributed by atoms with van der Waals surface area (Å²) in [6, 6.07) is 8.85. The molecule has 0 saturated heterocycles. The molecule has 2 heterocycles. The van der Waals surface area contributed by atoms with Crippen molar-refractivity contribution in [3.8, 4) is 0 Å². The Kier molecular flexibility index (Phi) is 6.30. The predicted octanol–water partition coefficient (Wildman–Crippen LogP) is 2.99. The van der Waals surface area contributed by atoms with Gasteiger partial charge in [0.05, 0.1) is 6.61 Å². The molecular formula is C18H20F3N5OS. The van der Waals surface area contributed by atoms with Crippen LogP contribution in [0.25, 0.3) is 0 Å². The van der Waals surface area contributed by atoms with E-state index in [1.807, 2.05) is 29.2 Å². The van der Waals surface area contributed by atoms with Crippen LogP contribution < -0.4 is 15.5 Å². The summed E-state index contributed by atoms with van der Waals surface area (Å²) in [7, 11) is 1.54. The first kappa shape index (κ1) is 20.3. The molecule has 0 bridgehead atoms. The number of alkyl halides is 3. The average molecular weight is 411 g/mol. The molecule has 6 nitrogen and oxygen atoms in total. The number of methoxy groups -OCH3 is 1. The number of anilines is 2. The maximum absolute atomic E-state index is 13.3. The van der Waals surface area contributed by atoms with Crippen molar-refractivity contribution in [2.45, 2.75) is 19.1 Å². The summed E-state index contributed by atoms with van der Waals surface area (Å²) >= 11 is 5.09. The fourth-order valence-corrected chi connectivity index (χ4v) is 3.09. The maximum Gasteiger partial charge on any atom is 0.433 e. The van der Waals surface area contributed by atoms with Crippen molar-refractivity contribution in [3.05, 3.63) is 47.2 Å². The normalized spacial score (nSPS) is 13.8. The molecule has 0 unspecified atom stereocenters. The summed E-state index contributed by atoms with van der Waals surface area (Å²) in [6.07, 6.45) is -3.85. The molecule has 1 aromatic heterocycles. The highest BCUT2D eigenvalue weighted by atomic mass is 32.1. The molecule has 2 N–H and O–H groups in total. The lowest BCUT2D eigenvalue weighted by molar-refractivity contribution is -0.141. The van der Waals surface area contributed by atoms with E-state index in [1.165, 1.54) is 12.7 Å². The van der Waals surface area contributed by atoms with Crippen LogP contribution in [0, 0.1) is 0 Å². The second-order valence-corrected chi connectivity index (χ2v) is 6.65. The van der Waals surface area contributed by atoms with E-state index in [0.717, 1.165) is 18.1 Å². The van der Waals surface area contributed by atoms with Crippen LogP contribution in [0.3, 0.4) is 0 Å². The van der Waals surface area contributed by atoms with E-state index >= 15 is 0 Å². The molecular weight excluding hydrogens is 391 g/mol. The van der Waals surface area contributed by atoms with Crippen LogP contribution in [0.5, 0.6) is 0 Å². The van der Waals surface area contributed by atoms with Gasteiger partial charge in [-0.2, -0.15) is 18.2 Å². The molecule has 1 aliphatic heterocycles. The Balaban J connectivity index is 1.83. The van der Waals surface area contributed by atoms with Gasteiger partial charge in [0.15, 0.2) is 10.8 Å². The Morgan fingerprint density at radius 1 is 1.25 bits per heavy atom. The number of ether oxygens (including phenoxy) is 1. The van der Waals surface area contributed by atoms with E-state index in [2.05, 4.69) is 20.6 Å². The number of aromatic nitrogens is 2. The predicted molar refractivity (Wildman–Crippen MR) is 104 cm³/mol. The average Bonchev–Trinajstić information content (AvgIpc) is 2.67. The molecule has 28 heavy (non-hydrogen) atoms. The minimum absolute atomic E-state index is 0.131. The summed E-state index contributed by atoms with van der Waals surface area (Å²) in [5, 5.41) is 5.58. The van der Waals surface area contributed by atoms with Gasteiger partial charge in [-0.05, 0) is 29.8 Å². The van der Waals surface area contributed by atoms with Crippen LogP contribution >= 0.6 is 12.2 Å². The van der Waals surface area contributed by atoms with Crippen molar-refractivity contribution in [1.82, 2.24) is 15.3 Å².